The van der Waals surface area contributed by atoms with Gasteiger partial charge in [0.15, 0.2) is 0 Å². The fourth-order valence-corrected chi connectivity index (χ4v) is 7.88. The van der Waals surface area contributed by atoms with Gasteiger partial charge in [0.1, 0.15) is 5.82 Å². The van der Waals surface area contributed by atoms with Crippen molar-refractivity contribution in [1.82, 2.24) is 24.7 Å². The Morgan fingerprint density at radius 3 is 2.44 bits per heavy atom. The van der Waals surface area contributed by atoms with Crippen molar-refractivity contribution in [2.75, 3.05) is 46.4 Å². The van der Waals surface area contributed by atoms with Gasteiger partial charge in [0, 0.05) is 64.8 Å². The second kappa shape index (κ2) is 12.7. The van der Waals surface area contributed by atoms with Crippen LogP contribution in [0.15, 0.2) is 72.8 Å². The van der Waals surface area contributed by atoms with Crippen molar-refractivity contribution in [1.29, 1.82) is 0 Å². The Labute approximate surface area is 263 Å². The molecule has 2 aliphatic heterocycles. The normalized spacial score (nSPS) is 21.2. The van der Waals surface area contributed by atoms with Crippen LogP contribution < -0.4 is 5.32 Å². The van der Waals surface area contributed by atoms with E-state index in [2.05, 4.69) is 40.2 Å². The number of fused-ring (bicyclic) bond motifs is 4. The Kier molecular flexibility index (Phi) is 8.29. The van der Waals surface area contributed by atoms with Crippen LogP contribution in [0.5, 0.6) is 0 Å². The van der Waals surface area contributed by atoms with Crippen molar-refractivity contribution in [3.05, 3.63) is 89.7 Å². The summed E-state index contributed by atoms with van der Waals surface area (Å²) < 4.78 is 7.63. The minimum Gasteiger partial charge on any atom is -0.465 e. The van der Waals surface area contributed by atoms with E-state index < -0.39 is 18.1 Å². The number of carbonyl (C=O) groups excluding carboxylic acids is 1. The number of hydrogen-bond donors (Lipinski definition) is 2. The lowest BCUT2D eigenvalue weighted by atomic mass is 9.92. The van der Waals surface area contributed by atoms with Crippen LogP contribution in [0.3, 0.4) is 0 Å². The number of rotatable bonds is 9. The van der Waals surface area contributed by atoms with Crippen molar-refractivity contribution in [3.8, 4) is 11.1 Å². The van der Waals surface area contributed by atoms with E-state index >= 15 is 0 Å². The summed E-state index contributed by atoms with van der Waals surface area (Å²) in [7, 11) is 1.72. The number of hydrogen-bond acceptors (Lipinski definition) is 5. The van der Waals surface area contributed by atoms with Gasteiger partial charge in [0.2, 0.25) is 5.91 Å². The molecule has 9 heteroatoms. The van der Waals surface area contributed by atoms with E-state index in [4.69, 9.17) is 9.72 Å². The molecule has 1 aromatic heterocycles. The molecule has 2 fully saturated rings. The predicted octanol–water partition coefficient (Wildman–Crippen LogP) is 5.16. The minimum absolute atomic E-state index is 0.0372. The van der Waals surface area contributed by atoms with Gasteiger partial charge >= 0.3 is 6.09 Å². The van der Waals surface area contributed by atoms with Gasteiger partial charge in [-0.1, -0.05) is 60.7 Å². The summed E-state index contributed by atoms with van der Waals surface area (Å²) >= 11 is 0. The van der Waals surface area contributed by atoms with Gasteiger partial charge in [0.05, 0.1) is 23.0 Å². The molecule has 3 atom stereocenters. The zero-order chi connectivity index (χ0) is 30.9. The Hall–Kier alpha value is -4.21. The number of aromatic nitrogens is 2. The highest BCUT2D eigenvalue weighted by molar-refractivity contribution is 5.82. The fraction of sp³-hybridized carbons (Fsp3) is 0.417. The molecule has 45 heavy (non-hydrogen) atoms. The molecule has 234 valence electrons. The Morgan fingerprint density at radius 1 is 1.00 bits per heavy atom. The van der Waals surface area contributed by atoms with E-state index in [0.717, 1.165) is 64.9 Å². The largest absolute Gasteiger partial charge is 0.465 e. The third-order valence-corrected chi connectivity index (χ3v) is 10.00. The lowest BCUT2D eigenvalue weighted by molar-refractivity contribution is -0.137. The highest BCUT2D eigenvalue weighted by atomic mass is 16.5. The zero-order valence-corrected chi connectivity index (χ0v) is 25.8. The number of nitrogens with one attached hydrogen (secondary N) is 1. The van der Waals surface area contributed by atoms with Gasteiger partial charge in [0.25, 0.3) is 0 Å². The van der Waals surface area contributed by atoms with Crippen molar-refractivity contribution in [2.45, 2.75) is 43.7 Å². The predicted molar refractivity (Wildman–Crippen MR) is 173 cm³/mol. The van der Waals surface area contributed by atoms with Gasteiger partial charge in [-0.3, -0.25) is 4.79 Å². The van der Waals surface area contributed by atoms with Crippen molar-refractivity contribution in [3.63, 3.8) is 0 Å². The molecule has 7 rings (SSSR count). The van der Waals surface area contributed by atoms with E-state index in [-0.39, 0.29) is 17.7 Å². The molecule has 0 unspecified atom stereocenters. The summed E-state index contributed by atoms with van der Waals surface area (Å²) in [5, 5.41) is 13.9. The van der Waals surface area contributed by atoms with Gasteiger partial charge < -0.3 is 29.5 Å². The molecule has 0 saturated carbocycles. The van der Waals surface area contributed by atoms with Gasteiger partial charge in [-0.05, 0) is 53.6 Å². The van der Waals surface area contributed by atoms with Gasteiger partial charge in [-0.25, -0.2) is 9.78 Å². The van der Waals surface area contributed by atoms with Crippen LogP contribution in [-0.2, 0) is 16.1 Å². The second-order valence-electron chi connectivity index (χ2n) is 12.6. The molecule has 2 N–H and O–H groups in total. The fourth-order valence-electron chi connectivity index (χ4n) is 7.88. The van der Waals surface area contributed by atoms with E-state index in [1.54, 1.807) is 7.11 Å². The summed E-state index contributed by atoms with van der Waals surface area (Å²) in [5.74, 6) is 0.668. The van der Waals surface area contributed by atoms with Crippen molar-refractivity contribution >= 4 is 23.0 Å². The highest BCUT2D eigenvalue weighted by Crippen LogP contribution is 2.45. The smallest absolute Gasteiger partial charge is 0.407 e. The molecule has 9 nitrogen and oxygen atoms in total. The van der Waals surface area contributed by atoms with Crippen LogP contribution in [0.2, 0.25) is 0 Å². The van der Waals surface area contributed by atoms with Crippen LogP contribution in [0.4, 0.5) is 4.79 Å². The van der Waals surface area contributed by atoms with E-state index in [1.807, 2.05) is 47.4 Å². The average molecular weight is 608 g/mol. The molecular weight excluding hydrogens is 566 g/mol. The Balaban J connectivity index is 1.11. The second-order valence-corrected chi connectivity index (χ2v) is 12.6. The number of benzene rings is 3. The summed E-state index contributed by atoms with van der Waals surface area (Å²) in [5.41, 5.74) is 6.69. The van der Waals surface area contributed by atoms with Crippen LogP contribution in [0.25, 0.3) is 22.2 Å². The molecule has 0 radical (unpaired) electrons. The quantitative estimate of drug-likeness (QED) is 0.255. The monoisotopic (exact) mass is 607 g/mol. The molecular formula is C36H41N5O4. The maximum absolute atomic E-state index is 14.2. The van der Waals surface area contributed by atoms with Crippen molar-refractivity contribution in [2.24, 2.45) is 5.92 Å². The maximum atomic E-state index is 14.2. The first-order valence-electron chi connectivity index (χ1n) is 16.2. The maximum Gasteiger partial charge on any atom is 0.407 e. The van der Waals surface area contributed by atoms with Crippen LogP contribution in [-0.4, -0.2) is 88.9 Å². The third kappa shape index (κ3) is 5.48. The van der Waals surface area contributed by atoms with Crippen LogP contribution >= 0.6 is 0 Å². The topological polar surface area (TPSA) is 99.9 Å². The number of nitrogens with zero attached hydrogens (tertiary/aromatic N) is 4. The Morgan fingerprint density at radius 2 is 1.71 bits per heavy atom. The molecule has 1 aliphatic carbocycles. The molecule has 0 spiro atoms. The standard InChI is InChI=1S/C36H41N5O4/c1-45-19-9-18-40-32-16-7-6-15-31(32)38-34(40)24-10-8-17-39(22-24)35(42)29-20-37-21-33(29)41(36(43)44)23-30-27-13-4-2-11-25(27)26-12-3-5-14-28(26)30/h2-7,11-16,24,29-30,33,37H,8-10,17-23H2,1H3,(H,43,44)/t24-,29+,33-/m1/s1. The minimum atomic E-state index is -0.982. The molecule has 4 aromatic rings. The first-order chi connectivity index (χ1) is 22.0. The van der Waals surface area contributed by atoms with Crippen LogP contribution in [0, 0.1) is 5.92 Å². The van der Waals surface area contributed by atoms with E-state index in [0.29, 0.717) is 39.3 Å². The molecule has 3 aromatic carbocycles. The Bertz CT molecular complexity index is 1660. The lowest BCUT2D eigenvalue weighted by Crippen LogP contribution is -2.52. The third-order valence-electron chi connectivity index (χ3n) is 10.00. The molecule has 2 amide bonds. The number of para-hydroxylation sites is 2. The number of ether oxygens (including phenoxy) is 1. The van der Waals surface area contributed by atoms with E-state index in [9.17, 15) is 14.7 Å². The molecule has 3 aliphatic rings. The summed E-state index contributed by atoms with van der Waals surface area (Å²) in [6.45, 7) is 4.00. The first kappa shape index (κ1) is 29.5. The number of carbonyl (C=O) groups is 2. The first-order valence-corrected chi connectivity index (χ1v) is 16.2. The summed E-state index contributed by atoms with van der Waals surface area (Å²) in [6.07, 6.45) is 1.76. The van der Waals surface area contributed by atoms with Crippen LogP contribution in [0.1, 0.15) is 48.0 Å². The molecule has 0 bridgehead atoms. The number of methoxy groups -OCH3 is 1. The number of piperidine rings is 1. The number of aryl methyl sites for hydroxylation is 1. The SMILES string of the molecule is COCCCn1c([C@@H]2CCCN(C(=O)[C@H]3CNC[C@H]3N(CC3c4ccccc4-c4ccccc43)C(=O)O)C2)nc2ccccc21. The summed E-state index contributed by atoms with van der Waals surface area (Å²) in [6, 6.07) is 24.3. The van der Waals surface area contributed by atoms with Crippen molar-refractivity contribution < 1.29 is 19.4 Å². The lowest BCUT2D eigenvalue weighted by Gasteiger charge is -2.37. The summed E-state index contributed by atoms with van der Waals surface area (Å²) in [4.78, 5) is 35.7. The zero-order valence-electron chi connectivity index (χ0n) is 25.8. The van der Waals surface area contributed by atoms with Gasteiger partial charge in [-0.2, -0.15) is 0 Å². The molecule has 2 saturated heterocycles. The van der Waals surface area contributed by atoms with Gasteiger partial charge in [-0.15, -0.1) is 0 Å². The average Bonchev–Trinajstić information content (AvgIpc) is 3.78. The molecule has 3 heterocycles. The van der Waals surface area contributed by atoms with E-state index in [1.165, 1.54) is 4.90 Å². The number of likely N-dealkylation sites (tertiary alicyclic amines) is 1. The number of amides is 2. The number of carboxylic acid groups (broad SMARTS) is 1. The highest BCUT2D eigenvalue weighted by Gasteiger charge is 2.43. The number of imidazole rings is 1.